The highest BCUT2D eigenvalue weighted by atomic mass is 16.3. The molecule has 0 saturated carbocycles. The van der Waals surface area contributed by atoms with Crippen molar-refractivity contribution in [3.8, 4) is 0 Å². The minimum absolute atomic E-state index is 0.0352. The van der Waals surface area contributed by atoms with Gasteiger partial charge in [-0.05, 0) is 44.9 Å². The fraction of sp³-hybridized carbons (Fsp3) is 0.878. The summed E-state index contributed by atoms with van der Waals surface area (Å²) in [5.74, 6) is -0.0352. The molecule has 45 heavy (non-hydrogen) atoms. The molecule has 0 aromatic carbocycles. The van der Waals surface area contributed by atoms with Crippen LogP contribution in [0.3, 0.4) is 0 Å². The predicted octanol–water partition coefficient (Wildman–Crippen LogP) is 12.1. The molecule has 0 aromatic rings. The van der Waals surface area contributed by atoms with Crippen molar-refractivity contribution in [2.24, 2.45) is 0 Å². The molecule has 266 valence electrons. The van der Waals surface area contributed by atoms with E-state index in [4.69, 9.17) is 0 Å². The molecule has 0 aliphatic heterocycles. The number of amides is 1. The van der Waals surface area contributed by atoms with Crippen molar-refractivity contribution >= 4 is 5.91 Å². The minimum atomic E-state index is -0.656. The molecule has 0 aliphatic rings. The van der Waals surface area contributed by atoms with Gasteiger partial charge in [0.2, 0.25) is 5.91 Å². The average Bonchev–Trinajstić information content (AvgIpc) is 3.04. The summed E-state index contributed by atoms with van der Waals surface area (Å²) in [4.78, 5) is 12.3. The summed E-state index contributed by atoms with van der Waals surface area (Å²) in [6.07, 6.45) is 46.7. The normalized spacial score (nSPS) is 13.2. The van der Waals surface area contributed by atoms with Crippen LogP contribution in [0.15, 0.2) is 24.3 Å². The number of aliphatic hydroxyl groups excluding tert-OH is 2. The highest BCUT2D eigenvalue weighted by Crippen LogP contribution is 2.15. The molecule has 4 heteroatoms. The zero-order chi connectivity index (χ0) is 32.9. The van der Waals surface area contributed by atoms with Gasteiger partial charge < -0.3 is 15.5 Å². The number of allylic oxidation sites excluding steroid dienone is 4. The molecule has 0 bridgehead atoms. The molecule has 0 aliphatic carbocycles. The Labute approximate surface area is 281 Å². The van der Waals surface area contributed by atoms with Crippen molar-refractivity contribution in [3.05, 3.63) is 24.3 Å². The lowest BCUT2D eigenvalue weighted by Gasteiger charge is -2.22. The van der Waals surface area contributed by atoms with Crippen LogP contribution in [-0.4, -0.2) is 34.9 Å². The lowest BCUT2D eigenvalue weighted by molar-refractivity contribution is -0.123. The second-order valence-corrected chi connectivity index (χ2v) is 13.7. The van der Waals surface area contributed by atoms with E-state index in [0.717, 1.165) is 32.1 Å². The highest BCUT2D eigenvalue weighted by Gasteiger charge is 2.19. The summed E-state index contributed by atoms with van der Waals surface area (Å²) in [7, 11) is 0. The van der Waals surface area contributed by atoms with Crippen LogP contribution in [0.5, 0.6) is 0 Å². The van der Waals surface area contributed by atoms with Gasteiger partial charge in [0.1, 0.15) is 0 Å². The monoisotopic (exact) mass is 634 g/mol. The van der Waals surface area contributed by atoms with Gasteiger partial charge in [0.15, 0.2) is 0 Å². The third-order valence-corrected chi connectivity index (χ3v) is 9.22. The molecular formula is C41H79NO3. The van der Waals surface area contributed by atoms with E-state index in [1.54, 1.807) is 0 Å². The van der Waals surface area contributed by atoms with E-state index >= 15 is 0 Å². The van der Waals surface area contributed by atoms with Gasteiger partial charge in [-0.15, -0.1) is 0 Å². The molecule has 4 nitrogen and oxygen atoms in total. The molecule has 0 fully saturated rings. The van der Waals surface area contributed by atoms with Crippen LogP contribution in [-0.2, 0) is 4.79 Å². The molecule has 3 N–H and O–H groups in total. The molecule has 0 rings (SSSR count). The molecule has 1 amide bonds. The Morgan fingerprint density at radius 2 is 0.911 bits per heavy atom. The lowest BCUT2D eigenvalue weighted by atomic mass is 10.0. The number of hydrogen-bond acceptors (Lipinski definition) is 3. The van der Waals surface area contributed by atoms with Crippen molar-refractivity contribution in [3.63, 3.8) is 0 Å². The van der Waals surface area contributed by atoms with Crippen LogP contribution in [0.4, 0.5) is 0 Å². The van der Waals surface area contributed by atoms with Crippen LogP contribution in [0.1, 0.15) is 213 Å². The number of hydrogen-bond donors (Lipinski definition) is 3. The van der Waals surface area contributed by atoms with Crippen LogP contribution >= 0.6 is 0 Å². The van der Waals surface area contributed by atoms with E-state index in [9.17, 15) is 15.0 Å². The second-order valence-electron chi connectivity index (χ2n) is 13.7. The van der Waals surface area contributed by atoms with E-state index < -0.39 is 12.1 Å². The molecule has 2 atom stereocenters. The summed E-state index contributed by atoms with van der Waals surface area (Å²) in [6, 6.07) is -0.533. The SMILES string of the molecule is CCCCCCC/C=C\C/C=C\CCCCCCCCCCCCCC(=O)NC(CO)C(O)CCCCCCCCCCCC. The summed E-state index contributed by atoms with van der Waals surface area (Å²) in [6.45, 7) is 4.33. The van der Waals surface area contributed by atoms with Gasteiger partial charge in [0.05, 0.1) is 18.8 Å². The van der Waals surface area contributed by atoms with Crippen LogP contribution < -0.4 is 5.32 Å². The van der Waals surface area contributed by atoms with Crippen LogP contribution in [0.2, 0.25) is 0 Å². The molecule has 0 spiro atoms. The van der Waals surface area contributed by atoms with E-state index in [0.29, 0.717) is 12.8 Å². The van der Waals surface area contributed by atoms with E-state index in [1.165, 1.54) is 154 Å². The Morgan fingerprint density at radius 1 is 0.533 bits per heavy atom. The standard InChI is InChI=1S/C41H79NO3/c1-3-5-7-9-11-13-15-16-17-18-19-20-21-22-23-24-25-26-27-29-31-33-35-37-41(45)42-39(38-43)40(44)36-34-32-30-28-14-12-10-8-6-4-2/h15-16,18-19,39-40,43-44H,3-14,17,20-38H2,1-2H3,(H,42,45)/b16-15-,19-18-. The number of unbranched alkanes of at least 4 members (excludes halogenated alkanes) is 25. The molecule has 0 saturated heterocycles. The quantitative estimate of drug-likeness (QED) is 0.0475. The summed E-state index contributed by atoms with van der Waals surface area (Å²) < 4.78 is 0. The van der Waals surface area contributed by atoms with Gasteiger partial charge in [-0.1, -0.05) is 186 Å². The zero-order valence-corrected chi connectivity index (χ0v) is 30.4. The predicted molar refractivity (Wildman–Crippen MR) is 198 cm³/mol. The van der Waals surface area contributed by atoms with Gasteiger partial charge in [-0.25, -0.2) is 0 Å². The van der Waals surface area contributed by atoms with Crippen molar-refractivity contribution in [2.75, 3.05) is 6.61 Å². The van der Waals surface area contributed by atoms with E-state index in [-0.39, 0.29) is 12.5 Å². The molecule has 0 heterocycles. The Kier molecular flexibility index (Phi) is 36.4. The first-order valence-corrected chi connectivity index (χ1v) is 20.0. The summed E-state index contributed by atoms with van der Waals surface area (Å²) in [5, 5.41) is 23.0. The van der Waals surface area contributed by atoms with Gasteiger partial charge in [0, 0.05) is 6.42 Å². The molecular weight excluding hydrogens is 554 g/mol. The Bertz CT molecular complexity index is 647. The van der Waals surface area contributed by atoms with Crippen molar-refractivity contribution in [1.82, 2.24) is 5.32 Å². The topological polar surface area (TPSA) is 69.6 Å². The Balaban J connectivity index is 3.50. The van der Waals surface area contributed by atoms with Crippen LogP contribution in [0.25, 0.3) is 0 Å². The van der Waals surface area contributed by atoms with Crippen molar-refractivity contribution < 1.29 is 15.0 Å². The average molecular weight is 634 g/mol. The number of carbonyl (C=O) groups excluding carboxylic acids is 1. The minimum Gasteiger partial charge on any atom is -0.394 e. The summed E-state index contributed by atoms with van der Waals surface area (Å²) >= 11 is 0. The Hall–Kier alpha value is -1.13. The molecule has 2 unspecified atom stereocenters. The Morgan fingerprint density at radius 3 is 1.33 bits per heavy atom. The summed E-state index contributed by atoms with van der Waals surface area (Å²) in [5.41, 5.74) is 0. The largest absolute Gasteiger partial charge is 0.394 e. The maximum absolute atomic E-state index is 12.3. The molecule has 0 radical (unpaired) electrons. The maximum atomic E-state index is 12.3. The second kappa shape index (κ2) is 37.3. The number of aliphatic hydroxyl groups is 2. The lowest BCUT2D eigenvalue weighted by Crippen LogP contribution is -2.45. The van der Waals surface area contributed by atoms with Gasteiger partial charge in [0.25, 0.3) is 0 Å². The first kappa shape index (κ1) is 43.9. The zero-order valence-electron chi connectivity index (χ0n) is 30.4. The van der Waals surface area contributed by atoms with Gasteiger partial charge in [-0.3, -0.25) is 4.79 Å². The van der Waals surface area contributed by atoms with Crippen molar-refractivity contribution in [2.45, 2.75) is 225 Å². The highest BCUT2D eigenvalue weighted by molar-refractivity contribution is 5.76. The number of carbonyl (C=O) groups is 1. The first-order chi connectivity index (χ1) is 22.2. The van der Waals surface area contributed by atoms with E-state index in [1.807, 2.05) is 0 Å². The smallest absolute Gasteiger partial charge is 0.220 e. The number of rotatable bonds is 36. The fourth-order valence-electron chi connectivity index (χ4n) is 6.10. The first-order valence-electron chi connectivity index (χ1n) is 20.0. The third-order valence-electron chi connectivity index (χ3n) is 9.22. The van der Waals surface area contributed by atoms with Gasteiger partial charge in [-0.2, -0.15) is 0 Å². The van der Waals surface area contributed by atoms with Gasteiger partial charge >= 0.3 is 0 Å². The third kappa shape index (κ3) is 34.0. The fourth-order valence-corrected chi connectivity index (χ4v) is 6.10. The molecule has 0 aromatic heterocycles. The van der Waals surface area contributed by atoms with Crippen LogP contribution in [0, 0.1) is 0 Å². The van der Waals surface area contributed by atoms with Crippen molar-refractivity contribution in [1.29, 1.82) is 0 Å². The maximum Gasteiger partial charge on any atom is 0.220 e. The number of nitrogens with one attached hydrogen (secondary N) is 1. The van der Waals surface area contributed by atoms with E-state index in [2.05, 4.69) is 43.5 Å².